The molecule has 2 aliphatic heterocycles. The molecule has 0 aliphatic carbocycles. The Morgan fingerprint density at radius 1 is 0.389 bits per heavy atom. The van der Waals surface area contributed by atoms with Gasteiger partial charge in [-0.15, -0.1) is 0 Å². The van der Waals surface area contributed by atoms with Gasteiger partial charge in [0.25, 0.3) is 0 Å². The number of esters is 2. The zero-order chi connectivity index (χ0) is 36.5. The maximum atomic E-state index is 14.1. The Kier molecular flexibility index (Phi) is 8.05. The quantitative estimate of drug-likeness (QED) is 0.114. The van der Waals surface area contributed by atoms with E-state index in [1.807, 2.05) is 127 Å². The molecule has 2 heterocycles. The van der Waals surface area contributed by atoms with E-state index in [2.05, 4.69) is 0 Å². The Balaban J connectivity index is 1.09. The van der Waals surface area contributed by atoms with Gasteiger partial charge in [0.15, 0.2) is 23.0 Å². The molecule has 8 nitrogen and oxygen atoms in total. The van der Waals surface area contributed by atoms with E-state index >= 15 is 0 Å². The van der Waals surface area contributed by atoms with E-state index in [9.17, 15) is 9.59 Å². The van der Waals surface area contributed by atoms with Crippen molar-refractivity contribution in [3.8, 4) is 34.5 Å². The number of benzene rings is 7. The van der Waals surface area contributed by atoms with E-state index in [1.165, 1.54) is 12.1 Å². The molecule has 7 aromatic rings. The molecule has 0 unspecified atom stereocenters. The van der Waals surface area contributed by atoms with Crippen LogP contribution in [0.4, 0.5) is 0 Å². The van der Waals surface area contributed by atoms with Gasteiger partial charge in [-0.2, -0.15) is 0 Å². The molecule has 9 rings (SSSR count). The predicted molar refractivity (Wildman–Crippen MR) is 199 cm³/mol. The molecule has 0 bridgehead atoms. The SMILES string of the molecule is O=C(Oc1ccccc1)c1cc(OC(=O)c2ccc3c(c2)OC(c2ccccc2)(c2ccccc2)O3)c2c(c1)OC(c1ccccc1)(c1ccccc1)O2. The van der Waals surface area contributed by atoms with Crippen LogP contribution in [0.5, 0.6) is 34.5 Å². The molecule has 0 spiro atoms. The molecule has 8 heteroatoms. The molecule has 2 aliphatic rings. The molecule has 0 aromatic heterocycles. The van der Waals surface area contributed by atoms with Crippen molar-refractivity contribution in [2.75, 3.05) is 0 Å². The third kappa shape index (κ3) is 5.76. The largest absolute Gasteiger partial charge is 0.440 e. The Morgan fingerprint density at radius 2 is 0.815 bits per heavy atom. The number of ether oxygens (including phenoxy) is 6. The highest BCUT2D eigenvalue weighted by atomic mass is 16.7. The van der Waals surface area contributed by atoms with Gasteiger partial charge in [0.2, 0.25) is 5.75 Å². The number of hydrogen-bond donors (Lipinski definition) is 0. The summed E-state index contributed by atoms with van der Waals surface area (Å²) in [5.74, 6) is -2.67. The first-order valence-corrected chi connectivity index (χ1v) is 17.3. The van der Waals surface area contributed by atoms with Gasteiger partial charge in [-0.3, -0.25) is 0 Å². The second-order valence-corrected chi connectivity index (χ2v) is 12.7. The molecule has 54 heavy (non-hydrogen) atoms. The average molecular weight is 711 g/mol. The minimum atomic E-state index is -1.45. The fourth-order valence-corrected chi connectivity index (χ4v) is 6.64. The van der Waals surface area contributed by atoms with Crippen molar-refractivity contribution in [2.45, 2.75) is 11.6 Å². The number of hydrogen-bond acceptors (Lipinski definition) is 8. The Labute approximate surface area is 310 Å². The summed E-state index contributed by atoms with van der Waals surface area (Å²) in [6.45, 7) is 0. The van der Waals surface area contributed by atoms with Gasteiger partial charge >= 0.3 is 23.5 Å². The molecule has 0 amide bonds. The minimum absolute atomic E-state index is 0.0353. The maximum absolute atomic E-state index is 14.1. The van der Waals surface area contributed by atoms with Crippen molar-refractivity contribution in [1.29, 1.82) is 0 Å². The van der Waals surface area contributed by atoms with E-state index in [-0.39, 0.29) is 28.4 Å². The van der Waals surface area contributed by atoms with Crippen molar-refractivity contribution in [3.63, 3.8) is 0 Å². The summed E-state index contributed by atoms with van der Waals surface area (Å²) >= 11 is 0. The number of carbonyl (C=O) groups is 2. The Morgan fingerprint density at radius 3 is 1.35 bits per heavy atom. The Bertz CT molecular complexity index is 2390. The van der Waals surface area contributed by atoms with E-state index in [4.69, 9.17) is 28.4 Å². The van der Waals surface area contributed by atoms with Crippen LogP contribution in [0.1, 0.15) is 43.0 Å². The fraction of sp³-hybridized carbons (Fsp3) is 0.0435. The second kappa shape index (κ2) is 13.3. The molecule has 0 radical (unpaired) electrons. The third-order valence-corrected chi connectivity index (χ3v) is 9.21. The Hall–Kier alpha value is -7.32. The van der Waals surface area contributed by atoms with Crippen LogP contribution in [0.25, 0.3) is 0 Å². The molecule has 0 atom stereocenters. The highest BCUT2D eigenvalue weighted by molar-refractivity contribution is 5.95. The van der Waals surface area contributed by atoms with Crippen molar-refractivity contribution in [1.82, 2.24) is 0 Å². The topological polar surface area (TPSA) is 89.5 Å². The fourth-order valence-electron chi connectivity index (χ4n) is 6.64. The van der Waals surface area contributed by atoms with Crippen LogP contribution >= 0.6 is 0 Å². The maximum Gasteiger partial charge on any atom is 0.343 e. The van der Waals surface area contributed by atoms with Crippen LogP contribution < -0.4 is 28.4 Å². The van der Waals surface area contributed by atoms with Crippen LogP contribution in [0.3, 0.4) is 0 Å². The first-order valence-electron chi connectivity index (χ1n) is 17.3. The smallest absolute Gasteiger partial charge is 0.343 e. The predicted octanol–water partition coefficient (Wildman–Crippen LogP) is 9.47. The van der Waals surface area contributed by atoms with Gasteiger partial charge in [0.05, 0.1) is 11.1 Å². The number of rotatable bonds is 8. The molecule has 0 saturated carbocycles. The zero-order valence-electron chi connectivity index (χ0n) is 28.6. The van der Waals surface area contributed by atoms with E-state index in [0.29, 0.717) is 28.4 Å². The molecule has 0 saturated heterocycles. The lowest BCUT2D eigenvalue weighted by Gasteiger charge is -2.28. The van der Waals surface area contributed by atoms with Crippen molar-refractivity contribution in [3.05, 3.63) is 215 Å². The van der Waals surface area contributed by atoms with Gasteiger partial charge in [-0.25, -0.2) is 9.59 Å². The standard InChI is InChI=1S/C46H30O8/c47-43(31-26-27-38-39(28-31)52-45(51-38,33-16-6-1-7-17-33)34-18-8-2-9-19-34)50-40-29-32(44(48)49-37-24-14-5-15-25-37)30-41-42(40)54-46(53-41,35-20-10-3-11-21-35)36-22-12-4-13-23-36/h1-30H. The van der Waals surface area contributed by atoms with Gasteiger partial charge in [0, 0.05) is 22.3 Å². The summed E-state index contributed by atoms with van der Waals surface area (Å²) in [4.78, 5) is 27.6. The first-order chi connectivity index (χ1) is 26.5. The monoisotopic (exact) mass is 710 g/mol. The summed E-state index contributed by atoms with van der Waals surface area (Å²) in [5, 5.41) is 0. The third-order valence-electron chi connectivity index (χ3n) is 9.21. The molecule has 0 fully saturated rings. The van der Waals surface area contributed by atoms with Crippen LogP contribution in [0.15, 0.2) is 182 Å². The number of fused-ring (bicyclic) bond motifs is 2. The lowest BCUT2D eigenvalue weighted by atomic mass is 9.97. The summed E-state index contributed by atoms with van der Waals surface area (Å²) in [7, 11) is 0. The van der Waals surface area contributed by atoms with Crippen LogP contribution in [0, 0.1) is 0 Å². The van der Waals surface area contributed by atoms with Crippen LogP contribution in [0.2, 0.25) is 0 Å². The second-order valence-electron chi connectivity index (χ2n) is 12.7. The molecule has 262 valence electrons. The average Bonchev–Trinajstić information content (AvgIpc) is 3.83. The summed E-state index contributed by atoms with van der Waals surface area (Å²) < 4.78 is 38.2. The van der Waals surface area contributed by atoms with Gasteiger partial charge < -0.3 is 28.4 Å². The summed E-state index contributed by atoms with van der Waals surface area (Å²) in [6, 6.07) is 54.5. The van der Waals surface area contributed by atoms with Crippen molar-refractivity contribution >= 4 is 11.9 Å². The molecule has 0 N–H and O–H groups in total. The number of carbonyl (C=O) groups excluding carboxylic acids is 2. The number of para-hydroxylation sites is 1. The van der Waals surface area contributed by atoms with Gasteiger partial charge in [-0.05, 0) is 42.5 Å². The van der Waals surface area contributed by atoms with Crippen LogP contribution in [-0.4, -0.2) is 11.9 Å². The lowest BCUT2D eigenvalue weighted by molar-refractivity contribution is -0.0467. The van der Waals surface area contributed by atoms with E-state index < -0.39 is 23.5 Å². The normalized spacial score (nSPS) is 14.2. The van der Waals surface area contributed by atoms with E-state index in [0.717, 1.165) is 11.1 Å². The summed E-state index contributed by atoms with van der Waals surface area (Å²) in [6.07, 6.45) is 0. The summed E-state index contributed by atoms with van der Waals surface area (Å²) in [5.41, 5.74) is 3.20. The molecular formula is C46H30O8. The molecule has 7 aromatic carbocycles. The van der Waals surface area contributed by atoms with Crippen molar-refractivity contribution < 1.29 is 38.0 Å². The lowest BCUT2D eigenvalue weighted by Crippen LogP contribution is -2.36. The first kappa shape index (κ1) is 32.6. The highest BCUT2D eigenvalue weighted by Crippen LogP contribution is 2.53. The highest BCUT2D eigenvalue weighted by Gasteiger charge is 2.48. The van der Waals surface area contributed by atoms with E-state index in [1.54, 1.807) is 42.5 Å². The van der Waals surface area contributed by atoms with Crippen LogP contribution in [-0.2, 0) is 11.6 Å². The van der Waals surface area contributed by atoms with Gasteiger partial charge in [-0.1, -0.05) is 140 Å². The van der Waals surface area contributed by atoms with Gasteiger partial charge in [0.1, 0.15) is 5.75 Å². The minimum Gasteiger partial charge on any atom is -0.440 e. The molecular weight excluding hydrogens is 680 g/mol. The zero-order valence-corrected chi connectivity index (χ0v) is 28.6. The van der Waals surface area contributed by atoms with Crippen molar-refractivity contribution in [2.24, 2.45) is 0 Å².